The summed E-state index contributed by atoms with van der Waals surface area (Å²) < 4.78 is 0. The van der Waals surface area contributed by atoms with Crippen molar-refractivity contribution in [2.24, 2.45) is 11.8 Å². The molecular weight excluding hydrogens is 182 g/mol. The predicted molar refractivity (Wildman–Crippen MR) is 62.4 cm³/mol. The lowest BCUT2D eigenvalue weighted by molar-refractivity contribution is -0.491. The molecule has 1 aliphatic heterocycles. The van der Waals surface area contributed by atoms with Crippen LogP contribution < -0.4 is 4.99 Å². The van der Waals surface area contributed by atoms with Crippen LogP contribution in [-0.2, 0) is 0 Å². The van der Waals surface area contributed by atoms with Crippen molar-refractivity contribution in [2.45, 2.75) is 6.04 Å². The molecule has 15 heavy (non-hydrogen) atoms. The summed E-state index contributed by atoms with van der Waals surface area (Å²) in [6.45, 7) is 0. The van der Waals surface area contributed by atoms with E-state index in [0.717, 1.165) is 0 Å². The van der Waals surface area contributed by atoms with Crippen molar-refractivity contribution >= 4 is 6.21 Å². The van der Waals surface area contributed by atoms with Crippen LogP contribution in [0.4, 0.5) is 0 Å². The summed E-state index contributed by atoms with van der Waals surface area (Å²) in [7, 11) is 0. The van der Waals surface area contributed by atoms with Crippen LogP contribution in [0.5, 0.6) is 0 Å². The van der Waals surface area contributed by atoms with Gasteiger partial charge in [0.15, 0.2) is 12.3 Å². The number of rotatable bonds is 0. The first-order valence-electron chi connectivity index (χ1n) is 5.44. The first kappa shape index (κ1) is 8.66. The zero-order valence-corrected chi connectivity index (χ0v) is 8.51. The van der Waals surface area contributed by atoms with Crippen LogP contribution in [0.3, 0.4) is 0 Å². The van der Waals surface area contributed by atoms with Crippen molar-refractivity contribution in [3.63, 3.8) is 0 Å². The van der Waals surface area contributed by atoms with E-state index in [-0.39, 0.29) is 0 Å². The molecule has 0 fully saturated rings. The summed E-state index contributed by atoms with van der Waals surface area (Å²) >= 11 is 0. The Hall–Kier alpha value is -1.63. The van der Waals surface area contributed by atoms with Crippen LogP contribution in [0.1, 0.15) is 0 Å². The van der Waals surface area contributed by atoms with Gasteiger partial charge in [-0.1, -0.05) is 42.5 Å². The molecule has 0 aromatic heterocycles. The average Bonchev–Trinajstić information content (AvgIpc) is 2.48. The van der Waals surface area contributed by atoms with Crippen molar-refractivity contribution in [1.82, 2.24) is 0 Å². The highest BCUT2D eigenvalue weighted by molar-refractivity contribution is 5.69. The number of allylic oxidation sites excluding steroid dienone is 8. The van der Waals surface area contributed by atoms with E-state index < -0.39 is 0 Å². The van der Waals surface area contributed by atoms with Crippen LogP contribution in [0, 0.1) is 11.8 Å². The summed E-state index contributed by atoms with van der Waals surface area (Å²) in [5.41, 5.74) is 1.40. The molecular formula is C14H14N+. The zero-order valence-electron chi connectivity index (χ0n) is 8.51. The summed E-state index contributed by atoms with van der Waals surface area (Å²) in [5, 5.41) is 0. The molecule has 0 bridgehead atoms. The molecule has 3 unspecified atom stereocenters. The summed E-state index contributed by atoms with van der Waals surface area (Å²) in [6.07, 6.45) is 21.8. The second kappa shape index (κ2) is 3.50. The molecule has 0 saturated carbocycles. The molecule has 74 valence electrons. The van der Waals surface area contributed by atoms with Crippen molar-refractivity contribution in [3.05, 3.63) is 60.3 Å². The number of fused-ring (bicyclic) bond motifs is 3. The van der Waals surface area contributed by atoms with Crippen LogP contribution in [0.25, 0.3) is 0 Å². The highest BCUT2D eigenvalue weighted by Crippen LogP contribution is 2.30. The molecule has 1 N–H and O–H groups in total. The molecule has 3 atom stereocenters. The second-order valence-corrected chi connectivity index (χ2v) is 4.14. The van der Waals surface area contributed by atoms with E-state index in [4.69, 9.17) is 0 Å². The van der Waals surface area contributed by atoms with E-state index >= 15 is 0 Å². The normalized spacial score (nSPS) is 35.7. The third-order valence-corrected chi connectivity index (χ3v) is 3.26. The minimum Gasteiger partial charge on any atom is -0.241 e. The van der Waals surface area contributed by atoms with Gasteiger partial charge in [0.2, 0.25) is 0 Å². The quantitative estimate of drug-likeness (QED) is 0.592. The predicted octanol–water partition coefficient (Wildman–Crippen LogP) is 0.931. The van der Waals surface area contributed by atoms with E-state index in [9.17, 15) is 0 Å². The van der Waals surface area contributed by atoms with Gasteiger partial charge in [-0.05, 0) is 11.6 Å². The molecule has 1 nitrogen and oxygen atoms in total. The summed E-state index contributed by atoms with van der Waals surface area (Å²) in [4.78, 5) is 3.43. The Kier molecular flexibility index (Phi) is 2.02. The van der Waals surface area contributed by atoms with Crippen molar-refractivity contribution < 1.29 is 4.99 Å². The minimum atomic E-state index is 0.435. The standard InChI is InChI=1S/C14H13N/c1-2-6-12-11(5-1)9-10-15-14-8-4-3-7-13(12)14/h1-10,12-14H/p+1. The van der Waals surface area contributed by atoms with Gasteiger partial charge < -0.3 is 0 Å². The Morgan fingerprint density at radius 2 is 1.80 bits per heavy atom. The van der Waals surface area contributed by atoms with Gasteiger partial charge in [-0.15, -0.1) is 0 Å². The third-order valence-electron chi connectivity index (χ3n) is 3.26. The van der Waals surface area contributed by atoms with Gasteiger partial charge in [0.05, 0.1) is 5.92 Å². The van der Waals surface area contributed by atoms with Crippen molar-refractivity contribution in [3.8, 4) is 0 Å². The van der Waals surface area contributed by atoms with Gasteiger partial charge >= 0.3 is 0 Å². The Morgan fingerprint density at radius 3 is 2.80 bits per heavy atom. The van der Waals surface area contributed by atoms with Gasteiger partial charge in [-0.2, -0.15) is 0 Å². The van der Waals surface area contributed by atoms with Crippen LogP contribution >= 0.6 is 0 Å². The lowest BCUT2D eigenvalue weighted by atomic mass is 9.78. The maximum Gasteiger partial charge on any atom is 0.176 e. The first-order valence-corrected chi connectivity index (χ1v) is 5.44. The highest BCUT2D eigenvalue weighted by Gasteiger charge is 2.32. The smallest absolute Gasteiger partial charge is 0.176 e. The Labute approximate surface area is 89.9 Å². The van der Waals surface area contributed by atoms with Crippen molar-refractivity contribution in [2.75, 3.05) is 0 Å². The van der Waals surface area contributed by atoms with Gasteiger partial charge in [-0.25, -0.2) is 4.99 Å². The molecule has 0 radical (unpaired) electrons. The fraction of sp³-hybridized carbons (Fsp3) is 0.214. The van der Waals surface area contributed by atoms with Crippen LogP contribution in [0.15, 0.2) is 60.3 Å². The van der Waals surface area contributed by atoms with E-state index in [0.29, 0.717) is 17.9 Å². The fourth-order valence-corrected chi connectivity index (χ4v) is 2.48. The summed E-state index contributed by atoms with van der Waals surface area (Å²) in [5.74, 6) is 1.06. The van der Waals surface area contributed by atoms with Crippen LogP contribution in [-0.4, -0.2) is 12.3 Å². The molecule has 0 spiro atoms. The average molecular weight is 196 g/mol. The highest BCUT2D eigenvalue weighted by atomic mass is 14.8. The van der Waals surface area contributed by atoms with Crippen molar-refractivity contribution in [1.29, 1.82) is 0 Å². The minimum absolute atomic E-state index is 0.435. The van der Waals surface area contributed by atoms with Crippen LogP contribution in [0.2, 0.25) is 0 Å². The Bertz CT molecular complexity index is 432. The lowest BCUT2D eigenvalue weighted by Crippen LogP contribution is -2.77. The molecule has 0 aromatic rings. The zero-order chi connectivity index (χ0) is 10.1. The van der Waals surface area contributed by atoms with Gasteiger partial charge in [0.1, 0.15) is 0 Å². The summed E-state index contributed by atoms with van der Waals surface area (Å²) in [6, 6.07) is 0.435. The molecule has 0 saturated heterocycles. The van der Waals surface area contributed by atoms with E-state index in [1.807, 2.05) is 0 Å². The topological polar surface area (TPSA) is 14.0 Å². The van der Waals surface area contributed by atoms with E-state index in [1.54, 1.807) is 0 Å². The Morgan fingerprint density at radius 1 is 0.933 bits per heavy atom. The van der Waals surface area contributed by atoms with E-state index in [2.05, 4.69) is 65.9 Å². The Balaban J connectivity index is 2.03. The maximum atomic E-state index is 3.43. The second-order valence-electron chi connectivity index (χ2n) is 4.14. The fourth-order valence-electron chi connectivity index (χ4n) is 2.48. The first-order chi connectivity index (χ1) is 7.45. The monoisotopic (exact) mass is 196 g/mol. The van der Waals surface area contributed by atoms with Gasteiger partial charge in [0.25, 0.3) is 0 Å². The number of hydrogen-bond donors (Lipinski definition) is 1. The SMILES string of the molecule is C1=CC2=CC=[NH+]C3C=CC=CC3C2C=C1. The molecule has 1 heterocycles. The molecule has 0 amide bonds. The number of hydrogen-bond acceptors (Lipinski definition) is 0. The molecule has 1 heteroatoms. The maximum absolute atomic E-state index is 3.43. The number of nitrogens with one attached hydrogen (secondary N) is 1. The third kappa shape index (κ3) is 1.44. The van der Waals surface area contributed by atoms with E-state index in [1.165, 1.54) is 5.57 Å². The lowest BCUT2D eigenvalue weighted by Gasteiger charge is -2.25. The molecule has 3 rings (SSSR count). The molecule has 2 aliphatic carbocycles. The van der Waals surface area contributed by atoms with Gasteiger partial charge in [0, 0.05) is 12.0 Å². The largest absolute Gasteiger partial charge is 0.241 e. The molecule has 3 aliphatic rings. The molecule has 0 aromatic carbocycles. The van der Waals surface area contributed by atoms with Gasteiger partial charge in [-0.3, -0.25) is 0 Å².